The summed E-state index contributed by atoms with van der Waals surface area (Å²) >= 11 is 0. The van der Waals surface area contributed by atoms with E-state index in [4.69, 9.17) is 0 Å². The van der Waals surface area contributed by atoms with Crippen LogP contribution in [0, 0.1) is 34.5 Å². The zero-order valence-electron chi connectivity index (χ0n) is 24.1. The third-order valence-electron chi connectivity index (χ3n) is 12.3. The van der Waals surface area contributed by atoms with Gasteiger partial charge in [-0.2, -0.15) is 8.42 Å². The maximum atomic E-state index is 12.9. The van der Waals surface area contributed by atoms with E-state index in [1.165, 1.54) is 6.92 Å². The fourth-order valence-corrected chi connectivity index (χ4v) is 10.5. The van der Waals surface area contributed by atoms with E-state index in [1.54, 1.807) is 19.1 Å². The minimum atomic E-state index is -4.59. The van der Waals surface area contributed by atoms with Crippen LogP contribution in [-0.4, -0.2) is 34.9 Å². The van der Waals surface area contributed by atoms with Gasteiger partial charge in [0.1, 0.15) is 11.0 Å². The molecule has 0 aliphatic heterocycles. The molecule has 4 aliphatic rings. The van der Waals surface area contributed by atoms with Crippen molar-refractivity contribution < 1.29 is 32.8 Å². The maximum absolute atomic E-state index is 12.9. The summed E-state index contributed by atoms with van der Waals surface area (Å²) in [4.78, 5) is 24.8. The van der Waals surface area contributed by atoms with Crippen molar-refractivity contribution >= 4 is 21.9 Å². The summed E-state index contributed by atoms with van der Waals surface area (Å²) in [5, 5.41) is 19.7. The maximum Gasteiger partial charge on any atom is 0.309 e. The Kier molecular flexibility index (Phi) is 5.95. The lowest BCUT2D eigenvalue weighted by Crippen LogP contribution is -2.62. The normalized spacial score (nSPS) is 41.4. The SMILES string of the molecule is CC(=O)c1c(O)cc2c(c1C)C(S(=O)(=O)O)C=C1[C@@]2(C)CC[C@@]2(C)C3C[C@](C)(C(=O)O)CC[C@]3(C)CC[C@]12C. The highest BCUT2D eigenvalue weighted by Gasteiger charge is 2.67. The number of aromatic hydroxyl groups is 1. The number of phenols is 1. The van der Waals surface area contributed by atoms with Crippen molar-refractivity contribution in [1.29, 1.82) is 0 Å². The molecule has 3 saturated carbocycles. The Morgan fingerprint density at radius 3 is 2.15 bits per heavy atom. The third-order valence-corrected chi connectivity index (χ3v) is 13.3. The fourth-order valence-electron chi connectivity index (χ4n) is 9.57. The minimum absolute atomic E-state index is 0.00219. The molecule has 1 aromatic rings. The number of ketones is 1. The lowest BCUT2D eigenvalue weighted by atomic mass is 9.34. The Morgan fingerprint density at radius 1 is 0.974 bits per heavy atom. The van der Waals surface area contributed by atoms with Crippen LogP contribution >= 0.6 is 0 Å². The van der Waals surface area contributed by atoms with Gasteiger partial charge in [-0.05, 0) is 111 Å². The van der Waals surface area contributed by atoms with Gasteiger partial charge in [0.2, 0.25) is 0 Å². The molecular formula is C31H42O7S. The highest BCUT2D eigenvalue weighted by Crippen LogP contribution is 2.75. The van der Waals surface area contributed by atoms with Crippen molar-refractivity contribution in [2.75, 3.05) is 0 Å². The molecular weight excluding hydrogens is 516 g/mol. The van der Waals surface area contributed by atoms with E-state index >= 15 is 0 Å². The van der Waals surface area contributed by atoms with Gasteiger partial charge < -0.3 is 10.2 Å². The fraction of sp³-hybridized carbons (Fsp3) is 0.677. The van der Waals surface area contributed by atoms with Gasteiger partial charge in [-0.3, -0.25) is 14.1 Å². The number of allylic oxidation sites excluding steroid dienone is 1. The summed E-state index contributed by atoms with van der Waals surface area (Å²) in [5.74, 6) is -1.17. The van der Waals surface area contributed by atoms with Crippen LogP contribution < -0.4 is 0 Å². The average molecular weight is 559 g/mol. The van der Waals surface area contributed by atoms with Gasteiger partial charge in [0.25, 0.3) is 10.1 Å². The summed E-state index contributed by atoms with van der Waals surface area (Å²) < 4.78 is 36.4. The van der Waals surface area contributed by atoms with Crippen molar-refractivity contribution in [1.82, 2.24) is 0 Å². The smallest absolute Gasteiger partial charge is 0.309 e. The van der Waals surface area contributed by atoms with Gasteiger partial charge in [0.05, 0.1) is 11.0 Å². The zero-order chi connectivity index (χ0) is 29.1. The molecule has 0 spiro atoms. The second-order valence-electron chi connectivity index (χ2n) is 14.3. The minimum Gasteiger partial charge on any atom is -0.507 e. The van der Waals surface area contributed by atoms with E-state index in [0.29, 0.717) is 36.0 Å². The van der Waals surface area contributed by atoms with Gasteiger partial charge in [0, 0.05) is 5.41 Å². The molecule has 0 amide bonds. The molecule has 8 heteroatoms. The average Bonchev–Trinajstić information content (AvgIpc) is 2.81. The number of carbonyl (C=O) groups is 2. The standard InChI is InChI=1S/C31H42O7S/c1-17-24(18(2)32)20(33)14-19-25(17)21(39(36,37)38)15-22-29(19,5)11-13-31(7)23-16-28(4,26(34)35)9-8-27(23,3)10-12-30(22,31)6/h14-15,21,23,33H,8-13,16H2,1-7H3,(H,34,35)(H,36,37,38)/t21?,23?,27-,28-,29+,30-,31+/m1/s1. The molecule has 2 unspecified atom stereocenters. The first kappa shape index (κ1) is 28.3. The molecule has 7 nitrogen and oxygen atoms in total. The summed E-state index contributed by atoms with van der Waals surface area (Å²) in [5.41, 5.74) is 0.285. The topological polar surface area (TPSA) is 129 Å². The van der Waals surface area contributed by atoms with Crippen LogP contribution in [0.4, 0.5) is 0 Å². The molecule has 0 aromatic heterocycles. The van der Waals surface area contributed by atoms with E-state index in [0.717, 1.165) is 31.3 Å². The highest BCUT2D eigenvalue weighted by molar-refractivity contribution is 7.86. The molecule has 5 rings (SSSR count). The van der Waals surface area contributed by atoms with E-state index in [9.17, 15) is 32.8 Å². The number of hydrogen-bond donors (Lipinski definition) is 3. The number of aliphatic carboxylic acids is 1. The van der Waals surface area contributed by atoms with Gasteiger partial charge >= 0.3 is 5.97 Å². The Balaban J connectivity index is 1.75. The van der Waals surface area contributed by atoms with E-state index in [1.807, 2.05) is 6.92 Å². The number of Topliss-reactive ketones (excluding diaryl/α,β-unsaturated/α-hetero) is 1. The number of benzene rings is 1. The quantitative estimate of drug-likeness (QED) is 0.219. The number of rotatable bonds is 3. The number of carbonyl (C=O) groups excluding carboxylic acids is 1. The van der Waals surface area contributed by atoms with Gasteiger partial charge in [-0.1, -0.05) is 39.3 Å². The predicted octanol–water partition coefficient (Wildman–Crippen LogP) is 6.53. The van der Waals surface area contributed by atoms with Crippen LogP contribution in [0.15, 0.2) is 17.7 Å². The van der Waals surface area contributed by atoms with Crippen molar-refractivity contribution in [2.45, 2.75) is 104 Å². The van der Waals surface area contributed by atoms with Crippen molar-refractivity contribution in [2.24, 2.45) is 27.6 Å². The lowest BCUT2D eigenvalue weighted by molar-refractivity contribution is -0.177. The van der Waals surface area contributed by atoms with E-state index in [2.05, 4.69) is 27.7 Å². The number of carboxylic acids is 1. The van der Waals surface area contributed by atoms with Crippen LogP contribution in [0.2, 0.25) is 0 Å². The van der Waals surface area contributed by atoms with Crippen LogP contribution in [0.5, 0.6) is 5.75 Å². The number of carboxylic acid groups (broad SMARTS) is 1. The molecule has 3 fully saturated rings. The second kappa shape index (κ2) is 8.19. The first-order chi connectivity index (χ1) is 17.8. The summed E-state index contributed by atoms with van der Waals surface area (Å²) in [7, 11) is -4.59. The Bertz CT molecular complexity index is 1440. The van der Waals surface area contributed by atoms with Crippen molar-refractivity contribution in [3.8, 4) is 5.75 Å². The molecule has 0 saturated heterocycles. The van der Waals surface area contributed by atoms with Gasteiger partial charge in [0.15, 0.2) is 5.78 Å². The van der Waals surface area contributed by atoms with E-state index < -0.39 is 37.6 Å². The van der Waals surface area contributed by atoms with Crippen LogP contribution in [0.3, 0.4) is 0 Å². The van der Waals surface area contributed by atoms with Crippen LogP contribution in [0.1, 0.15) is 119 Å². The highest BCUT2D eigenvalue weighted by atomic mass is 32.2. The first-order valence-electron chi connectivity index (χ1n) is 14.1. The number of phenolic OH excluding ortho intramolecular Hbond substituents is 1. The molecule has 4 aliphatic carbocycles. The monoisotopic (exact) mass is 558 g/mol. The molecule has 0 bridgehead atoms. The Labute approximate surface area is 231 Å². The second-order valence-corrected chi connectivity index (χ2v) is 15.8. The first-order valence-corrected chi connectivity index (χ1v) is 15.6. The molecule has 214 valence electrons. The van der Waals surface area contributed by atoms with Crippen molar-refractivity contribution in [3.63, 3.8) is 0 Å². The predicted molar refractivity (Wildman–Crippen MR) is 148 cm³/mol. The zero-order valence-corrected chi connectivity index (χ0v) is 25.0. The molecule has 3 N–H and O–H groups in total. The molecule has 39 heavy (non-hydrogen) atoms. The summed E-state index contributed by atoms with van der Waals surface area (Å²) in [6.07, 6.45) is 7.04. The Hall–Kier alpha value is -2.19. The van der Waals surface area contributed by atoms with Crippen molar-refractivity contribution in [3.05, 3.63) is 40.0 Å². The molecule has 1 aromatic carbocycles. The molecule has 0 radical (unpaired) electrons. The van der Waals surface area contributed by atoms with Gasteiger partial charge in [-0.15, -0.1) is 0 Å². The summed E-state index contributed by atoms with van der Waals surface area (Å²) in [6, 6.07) is 1.55. The van der Waals surface area contributed by atoms with Crippen LogP contribution in [0.25, 0.3) is 0 Å². The number of hydrogen-bond acceptors (Lipinski definition) is 5. The number of fused-ring (bicyclic) bond motifs is 7. The lowest BCUT2D eigenvalue weighted by Gasteiger charge is -2.70. The van der Waals surface area contributed by atoms with Crippen LogP contribution in [-0.2, 0) is 20.3 Å². The van der Waals surface area contributed by atoms with Gasteiger partial charge in [-0.25, -0.2) is 0 Å². The largest absolute Gasteiger partial charge is 0.507 e. The molecule has 0 heterocycles. The summed E-state index contributed by atoms with van der Waals surface area (Å²) in [6.45, 7) is 13.7. The molecule has 7 atom stereocenters. The van der Waals surface area contributed by atoms with E-state index in [-0.39, 0.29) is 33.8 Å². The Morgan fingerprint density at radius 2 is 1.59 bits per heavy atom. The third kappa shape index (κ3) is 3.59.